The second-order valence-corrected chi connectivity index (χ2v) is 9.59. The third-order valence-electron chi connectivity index (χ3n) is 6.20. The number of likely N-dealkylation sites (tertiary alicyclic amines) is 1. The summed E-state index contributed by atoms with van der Waals surface area (Å²) in [6.45, 7) is 9.49. The van der Waals surface area contributed by atoms with Crippen LogP contribution < -0.4 is 16.8 Å². The van der Waals surface area contributed by atoms with Crippen LogP contribution in [0.2, 0.25) is 5.02 Å². The van der Waals surface area contributed by atoms with Gasteiger partial charge in [0.1, 0.15) is 12.1 Å². The summed E-state index contributed by atoms with van der Waals surface area (Å²) in [5.41, 5.74) is 11.4. The molecular weight excluding hydrogens is 469 g/mol. The number of carbonyl (C=O) groups is 2. The third-order valence-corrected chi connectivity index (χ3v) is 6.44. The predicted molar refractivity (Wildman–Crippen MR) is 129 cm³/mol. The van der Waals surface area contributed by atoms with Crippen LogP contribution in [-0.2, 0) is 22.6 Å². The lowest BCUT2D eigenvalue weighted by molar-refractivity contribution is -0.147. The minimum absolute atomic E-state index is 0.0154. The van der Waals surface area contributed by atoms with Crippen molar-refractivity contribution >= 4 is 23.4 Å². The Kier molecular flexibility index (Phi) is 12.3. The van der Waals surface area contributed by atoms with Crippen molar-refractivity contribution in [2.45, 2.75) is 78.2 Å². The third kappa shape index (κ3) is 9.80. The zero-order chi connectivity index (χ0) is 26.1. The van der Waals surface area contributed by atoms with Crippen LogP contribution in [0.25, 0.3) is 0 Å². The topological polar surface area (TPSA) is 101 Å². The van der Waals surface area contributed by atoms with Crippen LogP contribution in [0.5, 0.6) is 0 Å². The van der Waals surface area contributed by atoms with E-state index in [2.05, 4.69) is 26.1 Å². The van der Waals surface area contributed by atoms with E-state index in [1.807, 2.05) is 0 Å². The largest absolute Gasteiger partial charge is 0.403 e. The molecule has 3 unspecified atom stereocenters. The standard InChI is InChI=1S/C17H21ClF3N3O2.C7H17N/c1-10(25)24-6-2-3-14(24)16(26)23-9-12-7-13(18)5-4-11(12)8-15(22)17(19,20)21;1-6(2)7(3)4-5-8/h4-5,7,14-15H,2-3,6,8-9,22H2,1H3,(H,23,26);6-7H,4-5,8H2,1-3H3. The molecule has 6 nitrogen and oxygen atoms in total. The van der Waals surface area contributed by atoms with E-state index in [9.17, 15) is 22.8 Å². The highest BCUT2D eigenvalue weighted by atomic mass is 35.5. The number of carbonyl (C=O) groups excluding carboxylic acids is 2. The van der Waals surface area contributed by atoms with Crippen molar-refractivity contribution in [1.82, 2.24) is 10.2 Å². The van der Waals surface area contributed by atoms with E-state index < -0.39 is 24.7 Å². The summed E-state index contributed by atoms with van der Waals surface area (Å²) >= 11 is 5.93. The fourth-order valence-corrected chi connectivity index (χ4v) is 3.82. The number of benzene rings is 1. The Hall–Kier alpha value is -1.84. The van der Waals surface area contributed by atoms with Crippen molar-refractivity contribution in [3.8, 4) is 0 Å². The quantitative estimate of drug-likeness (QED) is 0.495. The van der Waals surface area contributed by atoms with E-state index >= 15 is 0 Å². The SMILES string of the molecule is CC(=O)N1CCCC1C(=O)NCc1cc(Cl)ccc1CC(N)C(F)(F)F.CC(C)C(C)CCN. The Morgan fingerprint density at radius 2 is 1.88 bits per heavy atom. The maximum atomic E-state index is 12.7. The average Bonchev–Trinajstić information content (AvgIpc) is 3.24. The Balaban J connectivity index is 0.000000620. The van der Waals surface area contributed by atoms with Gasteiger partial charge in [-0.1, -0.05) is 38.4 Å². The summed E-state index contributed by atoms with van der Waals surface area (Å²) < 4.78 is 38.2. The Bertz CT molecular complexity index is 805. The fourth-order valence-electron chi connectivity index (χ4n) is 3.62. The summed E-state index contributed by atoms with van der Waals surface area (Å²) in [6.07, 6.45) is -2.45. The second kappa shape index (κ2) is 13.9. The lowest BCUT2D eigenvalue weighted by Crippen LogP contribution is -2.45. The average molecular weight is 507 g/mol. The molecule has 0 bridgehead atoms. The first-order chi connectivity index (χ1) is 15.8. The van der Waals surface area contributed by atoms with E-state index in [0.29, 0.717) is 29.1 Å². The molecule has 1 fully saturated rings. The Morgan fingerprint density at radius 3 is 2.38 bits per heavy atom. The molecule has 0 spiro atoms. The van der Waals surface area contributed by atoms with Gasteiger partial charge in [0.25, 0.3) is 0 Å². The van der Waals surface area contributed by atoms with E-state index in [0.717, 1.165) is 31.2 Å². The molecule has 1 aromatic carbocycles. The van der Waals surface area contributed by atoms with Crippen LogP contribution in [0.15, 0.2) is 18.2 Å². The van der Waals surface area contributed by atoms with E-state index in [1.165, 1.54) is 30.0 Å². The van der Waals surface area contributed by atoms with Crippen molar-refractivity contribution in [3.63, 3.8) is 0 Å². The lowest BCUT2D eigenvalue weighted by Gasteiger charge is -2.23. The molecule has 34 heavy (non-hydrogen) atoms. The molecule has 1 aliphatic heterocycles. The van der Waals surface area contributed by atoms with Gasteiger partial charge in [0.05, 0.1) is 0 Å². The Labute approximate surface area is 205 Å². The molecular formula is C24H38ClF3N4O2. The number of hydrogen-bond acceptors (Lipinski definition) is 4. The van der Waals surface area contributed by atoms with Gasteiger partial charge in [0.15, 0.2) is 0 Å². The molecule has 0 aliphatic carbocycles. The number of hydrogen-bond donors (Lipinski definition) is 3. The molecule has 1 aromatic rings. The highest BCUT2D eigenvalue weighted by Crippen LogP contribution is 2.25. The number of nitrogens with zero attached hydrogens (tertiary/aromatic N) is 1. The van der Waals surface area contributed by atoms with Crippen molar-refractivity contribution in [3.05, 3.63) is 34.3 Å². The first-order valence-corrected chi connectivity index (χ1v) is 12.0. The van der Waals surface area contributed by atoms with Gasteiger partial charge in [0, 0.05) is 25.0 Å². The van der Waals surface area contributed by atoms with Gasteiger partial charge in [-0.3, -0.25) is 9.59 Å². The monoisotopic (exact) mass is 506 g/mol. The van der Waals surface area contributed by atoms with E-state index in [4.69, 9.17) is 23.1 Å². The number of nitrogens with one attached hydrogen (secondary N) is 1. The normalized spacial score (nSPS) is 17.7. The summed E-state index contributed by atoms with van der Waals surface area (Å²) in [5, 5.41) is 3.04. The molecule has 10 heteroatoms. The summed E-state index contributed by atoms with van der Waals surface area (Å²) in [6, 6.07) is 1.93. The van der Waals surface area contributed by atoms with Gasteiger partial charge in [-0.15, -0.1) is 0 Å². The zero-order valence-corrected chi connectivity index (χ0v) is 21.2. The molecule has 0 aromatic heterocycles. The maximum Gasteiger partial charge on any atom is 0.403 e. The van der Waals surface area contributed by atoms with Crippen molar-refractivity contribution in [2.75, 3.05) is 13.1 Å². The molecule has 0 saturated carbocycles. The van der Waals surface area contributed by atoms with Gasteiger partial charge in [0.2, 0.25) is 11.8 Å². The highest BCUT2D eigenvalue weighted by Gasteiger charge is 2.37. The van der Waals surface area contributed by atoms with Gasteiger partial charge in [-0.05, 0) is 67.3 Å². The van der Waals surface area contributed by atoms with Gasteiger partial charge in [-0.2, -0.15) is 13.2 Å². The second-order valence-electron chi connectivity index (χ2n) is 9.15. The van der Waals surface area contributed by atoms with Crippen LogP contribution in [-0.4, -0.2) is 48.1 Å². The minimum atomic E-state index is -4.51. The van der Waals surface area contributed by atoms with Crippen LogP contribution in [0.1, 0.15) is 58.1 Å². The molecule has 1 heterocycles. The van der Waals surface area contributed by atoms with Crippen LogP contribution in [0.4, 0.5) is 13.2 Å². The van der Waals surface area contributed by atoms with Crippen LogP contribution >= 0.6 is 11.6 Å². The molecule has 0 radical (unpaired) electrons. The molecule has 194 valence electrons. The van der Waals surface area contributed by atoms with E-state index in [-0.39, 0.29) is 18.4 Å². The maximum absolute atomic E-state index is 12.7. The number of amides is 2. The molecule has 1 aliphatic rings. The molecule has 5 N–H and O–H groups in total. The summed E-state index contributed by atoms with van der Waals surface area (Å²) in [7, 11) is 0. The highest BCUT2D eigenvalue weighted by molar-refractivity contribution is 6.30. The van der Waals surface area contributed by atoms with Crippen molar-refractivity contribution in [1.29, 1.82) is 0 Å². The van der Waals surface area contributed by atoms with E-state index in [1.54, 1.807) is 0 Å². The number of nitrogens with two attached hydrogens (primary N) is 2. The first kappa shape index (κ1) is 30.2. The molecule has 1 saturated heterocycles. The molecule has 3 atom stereocenters. The number of alkyl halides is 3. The van der Waals surface area contributed by atoms with Crippen LogP contribution in [0.3, 0.4) is 0 Å². The summed E-state index contributed by atoms with van der Waals surface area (Å²) in [5.74, 6) is 1.07. The lowest BCUT2D eigenvalue weighted by atomic mass is 9.95. The fraction of sp³-hybridized carbons (Fsp3) is 0.667. The number of rotatable bonds is 8. The zero-order valence-electron chi connectivity index (χ0n) is 20.4. The van der Waals surface area contributed by atoms with Crippen LogP contribution in [0, 0.1) is 11.8 Å². The molecule has 2 amide bonds. The Morgan fingerprint density at radius 1 is 1.24 bits per heavy atom. The number of halogens is 4. The van der Waals surface area contributed by atoms with Crippen molar-refractivity contribution < 1.29 is 22.8 Å². The van der Waals surface area contributed by atoms with Crippen molar-refractivity contribution in [2.24, 2.45) is 23.3 Å². The minimum Gasteiger partial charge on any atom is -0.350 e. The van der Waals surface area contributed by atoms with Gasteiger partial charge >= 0.3 is 6.18 Å². The smallest absolute Gasteiger partial charge is 0.350 e. The predicted octanol–water partition coefficient (Wildman–Crippen LogP) is 4.03. The molecule has 2 rings (SSSR count). The van der Waals surface area contributed by atoms with Gasteiger partial charge < -0.3 is 21.7 Å². The van der Waals surface area contributed by atoms with Gasteiger partial charge in [-0.25, -0.2) is 0 Å². The summed E-state index contributed by atoms with van der Waals surface area (Å²) in [4.78, 5) is 25.4. The first-order valence-electron chi connectivity index (χ1n) is 11.6.